The van der Waals surface area contributed by atoms with Crippen molar-refractivity contribution in [2.24, 2.45) is 0 Å². The second-order valence-corrected chi connectivity index (χ2v) is 6.50. The van der Waals surface area contributed by atoms with Gasteiger partial charge < -0.3 is 15.0 Å². The third-order valence-corrected chi connectivity index (χ3v) is 3.15. The molecule has 1 N–H and O–H groups in total. The summed E-state index contributed by atoms with van der Waals surface area (Å²) in [4.78, 5) is 27.6. The van der Waals surface area contributed by atoms with Crippen molar-refractivity contribution in [3.05, 3.63) is 0 Å². The third-order valence-electron chi connectivity index (χ3n) is 3.15. The maximum Gasteiger partial charge on any atom is 0.240 e. The highest BCUT2D eigenvalue weighted by molar-refractivity contribution is 5.87. The topological polar surface area (TPSA) is 61.9 Å². The van der Waals surface area contributed by atoms with Crippen molar-refractivity contribution >= 4 is 11.8 Å². The van der Waals surface area contributed by atoms with Crippen LogP contribution >= 0.6 is 0 Å². The lowest BCUT2D eigenvalue weighted by atomic mass is 10.1. The van der Waals surface area contributed by atoms with Crippen LogP contribution in [0.25, 0.3) is 0 Å². The number of likely N-dealkylation sites (N-methyl/N-ethyl adjacent to an activating group) is 2. The molecule has 0 aromatic carbocycles. The highest BCUT2D eigenvalue weighted by Gasteiger charge is 2.23. The van der Waals surface area contributed by atoms with Crippen molar-refractivity contribution in [3.63, 3.8) is 0 Å². The molecule has 0 aromatic heterocycles. The van der Waals surface area contributed by atoms with Gasteiger partial charge in [-0.05, 0) is 41.2 Å². The van der Waals surface area contributed by atoms with Gasteiger partial charge in [-0.25, -0.2) is 0 Å². The normalized spacial score (nSPS) is 13.1. The summed E-state index contributed by atoms with van der Waals surface area (Å²) >= 11 is 0. The van der Waals surface area contributed by atoms with Gasteiger partial charge in [-0.15, -0.1) is 0 Å². The number of ether oxygens (including phenoxy) is 1. The summed E-state index contributed by atoms with van der Waals surface area (Å²) in [5.41, 5.74) is -0.288. The third kappa shape index (κ3) is 8.67. The fourth-order valence-corrected chi connectivity index (χ4v) is 1.91. The van der Waals surface area contributed by atoms with Gasteiger partial charge >= 0.3 is 0 Å². The molecule has 21 heavy (non-hydrogen) atoms. The molecule has 2 amide bonds. The minimum Gasteiger partial charge on any atom is -0.385 e. The highest BCUT2D eigenvalue weighted by Crippen LogP contribution is 2.03. The van der Waals surface area contributed by atoms with Crippen LogP contribution in [-0.4, -0.2) is 74.1 Å². The van der Waals surface area contributed by atoms with Gasteiger partial charge in [0.2, 0.25) is 11.8 Å². The van der Waals surface area contributed by atoms with Crippen LogP contribution in [0.3, 0.4) is 0 Å². The van der Waals surface area contributed by atoms with Crippen molar-refractivity contribution in [3.8, 4) is 0 Å². The molecule has 0 saturated carbocycles. The van der Waals surface area contributed by atoms with Crippen LogP contribution in [0.5, 0.6) is 0 Å². The van der Waals surface area contributed by atoms with E-state index < -0.39 is 0 Å². The first-order valence-electron chi connectivity index (χ1n) is 7.33. The van der Waals surface area contributed by atoms with Gasteiger partial charge in [-0.3, -0.25) is 14.5 Å². The molecule has 0 aromatic rings. The maximum absolute atomic E-state index is 12.3. The summed E-state index contributed by atoms with van der Waals surface area (Å²) < 4.78 is 5.00. The van der Waals surface area contributed by atoms with E-state index in [4.69, 9.17) is 4.74 Å². The molecule has 6 heteroatoms. The van der Waals surface area contributed by atoms with Gasteiger partial charge in [0.15, 0.2) is 0 Å². The number of rotatable bonds is 8. The summed E-state index contributed by atoms with van der Waals surface area (Å²) in [5, 5.41) is 2.85. The van der Waals surface area contributed by atoms with Crippen molar-refractivity contribution in [1.82, 2.24) is 15.1 Å². The van der Waals surface area contributed by atoms with E-state index in [1.54, 1.807) is 14.2 Å². The van der Waals surface area contributed by atoms with Crippen LogP contribution in [0.15, 0.2) is 0 Å². The number of carbonyl (C=O) groups is 2. The minimum absolute atomic E-state index is 0.0565. The van der Waals surface area contributed by atoms with Gasteiger partial charge in [0, 0.05) is 32.8 Å². The van der Waals surface area contributed by atoms with E-state index in [1.807, 2.05) is 39.6 Å². The number of amides is 2. The Bertz CT molecular complexity index is 340. The Morgan fingerprint density at radius 1 is 1.24 bits per heavy atom. The number of hydrogen-bond donors (Lipinski definition) is 1. The maximum atomic E-state index is 12.3. The largest absolute Gasteiger partial charge is 0.385 e. The van der Waals surface area contributed by atoms with Gasteiger partial charge in [-0.1, -0.05) is 0 Å². The lowest BCUT2D eigenvalue weighted by Gasteiger charge is -2.29. The summed E-state index contributed by atoms with van der Waals surface area (Å²) in [6.45, 7) is 9.13. The van der Waals surface area contributed by atoms with Crippen molar-refractivity contribution < 1.29 is 14.3 Å². The quantitative estimate of drug-likeness (QED) is 0.671. The molecule has 0 heterocycles. The van der Waals surface area contributed by atoms with Crippen LogP contribution in [0.4, 0.5) is 0 Å². The van der Waals surface area contributed by atoms with Crippen molar-refractivity contribution in [2.75, 3.05) is 40.9 Å². The second-order valence-electron chi connectivity index (χ2n) is 6.50. The van der Waals surface area contributed by atoms with Crippen LogP contribution in [0.1, 0.15) is 34.1 Å². The first kappa shape index (κ1) is 19.9. The summed E-state index contributed by atoms with van der Waals surface area (Å²) in [7, 11) is 5.22. The Morgan fingerprint density at radius 3 is 2.29 bits per heavy atom. The molecule has 0 bridgehead atoms. The van der Waals surface area contributed by atoms with E-state index in [9.17, 15) is 9.59 Å². The van der Waals surface area contributed by atoms with Crippen LogP contribution in [0, 0.1) is 0 Å². The predicted molar refractivity (Wildman–Crippen MR) is 84.1 cm³/mol. The number of carbonyl (C=O) groups excluding carboxylic acids is 2. The monoisotopic (exact) mass is 301 g/mol. The predicted octanol–water partition coefficient (Wildman–Crippen LogP) is 0.716. The smallest absolute Gasteiger partial charge is 0.240 e. The molecule has 1 unspecified atom stereocenters. The molecule has 0 aliphatic heterocycles. The van der Waals surface area contributed by atoms with Crippen molar-refractivity contribution in [1.29, 1.82) is 0 Å². The lowest BCUT2D eigenvalue weighted by Crippen LogP contribution is -2.50. The molecule has 0 fully saturated rings. The number of nitrogens with zero attached hydrogens (tertiary/aromatic N) is 2. The van der Waals surface area contributed by atoms with E-state index in [1.165, 1.54) is 4.90 Å². The zero-order chi connectivity index (χ0) is 16.6. The molecule has 0 aliphatic carbocycles. The fourth-order valence-electron chi connectivity index (χ4n) is 1.91. The van der Waals surface area contributed by atoms with E-state index >= 15 is 0 Å². The van der Waals surface area contributed by atoms with E-state index in [0.717, 1.165) is 13.0 Å². The van der Waals surface area contributed by atoms with Crippen LogP contribution in [-0.2, 0) is 14.3 Å². The zero-order valence-electron chi connectivity index (χ0n) is 14.5. The minimum atomic E-state index is -0.288. The standard InChI is InChI=1S/C15H31N3O3/c1-12(17(5)9-8-10-21-7)14(20)18(6)11-13(19)16-15(2,3)4/h12H,8-11H2,1-7H3,(H,16,19). The second kappa shape index (κ2) is 9.00. The average Bonchev–Trinajstić information content (AvgIpc) is 2.34. The van der Waals surface area contributed by atoms with Crippen LogP contribution < -0.4 is 5.32 Å². The Morgan fingerprint density at radius 2 is 1.81 bits per heavy atom. The van der Waals surface area contributed by atoms with E-state index in [0.29, 0.717) is 6.61 Å². The molecule has 0 spiro atoms. The Kier molecular flexibility index (Phi) is 8.51. The van der Waals surface area contributed by atoms with E-state index in [-0.39, 0.29) is 29.9 Å². The molecule has 0 rings (SSSR count). The Hall–Kier alpha value is -1.14. The number of nitrogens with one attached hydrogen (secondary N) is 1. The molecule has 6 nitrogen and oxygen atoms in total. The molecule has 0 radical (unpaired) electrons. The molecule has 124 valence electrons. The average molecular weight is 301 g/mol. The lowest BCUT2D eigenvalue weighted by molar-refractivity contribution is -0.138. The van der Waals surface area contributed by atoms with Gasteiger partial charge in [-0.2, -0.15) is 0 Å². The molecular formula is C15H31N3O3. The fraction of sp³-hybridized carbons (Fsp3) is 0.867. The van der Waals surface area contributed by atoms with Crippen molar-refractivity contribution in [2.45, 2.75) is 45.7 Å². The number of methoxy groups -OCH3 is 1. The molecule has 0 aliphatic rings. The Balaban J connectivity index is 4.32. The molecular weight excluding hydrogens is 270 g/mol. The Labute approximate surface area is 128 Å². The molecule has 0 saturated heterocycles. The van der Waals surface area contributed by atoms with Gasteiger partial charge in [0.25, 0.3) is 0 Å². The van der Waals surface area contributed by atoms with Crippen LogP contribution in [0.2, 0.25) is 0 Å². The molecule has 1 atom stereocenters. The van der Waals surface area contributed by atoms with E-state index in [2.05, 4.69) is 5.32 Å². The summed E-state index contributed by atoms with van der Waals surface area (Å²) in [6, 6.07) is -0.255. The number of hydrogen-bond acceptors (Lipinski definition) is 4. The zero-order valence-corrected chi connectivity index (χ0v) is 14.5. The first-order chi connectivity index (χ1) is 9.58. The van der Waals surface area contributed by atoms with Gasteiger partial charge in [0.1, 0.15) is 0 Å². The SMILES string of the molecule is COCCCN(C)C(C)C(=O)N(C)CC(=O)NC(C)(C)C. The van der Waals surface area contributed by atoms with Gasteiger partial charge in [0.05, 0.1) is 12.6 Å². The summed E-state index contributed by atoms with van der Waals surface area (Å²) in [6.07, 6.45) is 0.874. The highest BCUT2D eigenvalue weighted by atomic mass is 16.5. The first-order valence-corrected chi connectivity index (χ1v) is 7.33. The summed E-state index contributed by atoms with van der Waals surface area (Å²) in [5.74, 6) is -0.202.